The highest BCUT2D eigenvalue weighted by atomic mass is 32.2. The van der Waals surface area contributed by atoms with Gasteiger partial charge in [-0.05, 0) is 42.7 Å². The molecule has 0 radical (unpaired) electrons. The molecule has 0 bridgehead atoms. The minimum Gasteiger partial charge on any atom is -0.467 e. The Labute approximate surface area is 170 Å². The molecule has 2 aliphatic rings. The smallest absolute Gasteiger partial charge is 0.253 e. The maximum absolute atomic E-state index is 12.8. The zero-order chi connectivity index (χ0) is 19.5. The summed E-state index contributed by atoms with van der Waals surface area (Å²) in [7, 11) is 1.92. The first-order chi connectivity index (χ1) is 13.6. The van der Waals surface area contributed by atoms with Gasteiger partial charge in [0.05, 0.1) is 18.6 Å². The molecule has 148 valence electrons. The van der Waals surface area contributed by atoms with Crippen LogP contribution < -0.4 is 0 Å². The van der Waals surface area contributed by atoms with Gasteiger partial charge in [-0.15, -0.1) is 11.8 Å². The molecule has 2 fully saturated rings. The van der Waals surface area contributed by atoms with Crippen LogP contribution in [0.25, 0.3) is 0 Å². The van der Waals surface area contributed by atoms with Crippen LogP contribution in [0.15, 0.2) is 47.1 Å². The van der Waals surface area contributed by atoms with Gasteiger partial charge < -0.3 is 14.2 Å². The van der Waals surface area contributed by atoms with Crippen LogP contribution in [0.3, 0.4) is 0 Å². The third-order valence-electron chi connectivity index (χ3n) is 5.76. The Morgan fingerprint density at radius 2 is 1.93 bits per heavy atom. The van der Waals surface area contributed by atoms with Crippen LogP contribution in [0.1, 0.15) is 59.2 Å². The summed E-state index contributed by atoms with van der Waals surface area (Å²) in [5.74, 6) is 1.45. The second-order valence-electron chi connectivity index (χ2n) is 7.59. The van der Waals surface area contributed by atoms with E-state index < -0.39 is 0 Å². The number of rotatable bonds is 5. The standard InChI is InChI=1S/C22H26N2O3S/c1-23(18-6-3-2-4-7-18)21(26)16-9-11-17(12-10-16)22-24(20(25)15-28-22)14-19-8-5-13-27-19/h5,8-13,18,22H,2-4,6-7,14-15H2,1H3/t22-/m0/s1. The zero-order valence-electron chi connectivity index (χ0n) is 16.2. The molecule has 1 aliphatic heterocycles. The van der Waals surface area contributed by atoms with E-state index in [1.54, 1.807) is 18.0 Å². The van der Waals surface area contributed by atoms with Crippen molar-refractivity contribution in [2.75, 3.05) is 12.8 Å². The molecule has 28 heavy (non-hydrogen) atoms. The summed E-state index contributed by atoms with van der Waals surface area (Å²) in [6, 6.07) is 11.8. The first kappa shape index (κ1) is 19.1. The molecule has 6 heteroatoms. The maximum Gasteiger partial charge on any atom is 0.253 e. The fraction of sp³-hybridized carbons (Fsp3) is 0.455. The highest BCUT2D eigenvalue weighted by Gasteiger charge is 2.33. The predicted octanol–water partition coefficient (Wildman–Crippen LogP) is 4.46. The first-order valence-corrected chi connectivity index (χ1v) is 11.0. The van der Waals surface area contributed by atoms with Gasteiger partial charge in [0.25, 0.3) is 5.91 Å². The summed E-state index contributed by atoms with van der Waals surface area (Å²) >= 11 is 1.62. The Bertz CT molecular complexity index is 813. The molecule has 0 N–H and O–H groups in total. The van der Waals surface area contributed by atoms with Crippen molar-refractivity contribution in [3.63, 3.8) is 0 Å². The van der Waals surface area contributed by atoms with Crippen molar-refractivity contribution in [2.45, 2.75) is 50.1 Å². The van der Waals surface area contributed by atoms with Gasteiger partial charge in [0.1, 0.15) is 11.1 Å². The highest BCUT2D eigenvalue weighted by molar-refractivity contribution is 8.00. The first-order valence-electron chi connectivity index (χ1n) is 9.94. The van der Waals surface area contributed by atoms with Crippen molar-refractivity contribution in [2.24, 2.45) is 0 Å². The van der Waals surface area contributed by atoms with Crippen molar-refractivity contribution >= 4 is 23.6 Å². The number of thioether (sulfide) groups is 1. The van der Waals surface area contributed by atoms with Gasteiger partial charge in [-0.1, -0.05) is 31.4 Å². The van der Waals surface area contributed by atoms with Crippen molar-refractivity contribution in [1.82, 2.24) is 9.80 Å². The summed E-state index contributed by atoms with van der Waals surface area (Å²) < 4.78 is 5.41. The lowest BCUT2D eigenvalue weighted by atomic mass is 9.94. The summed E-state index contributed by atoms with van der Waals surface area (Å²) in [4.78, 5) is 28.9. The van der Waals surface area contributed by atoms with Crippen molar-refractivity contribution in [3.05, 3.63) is 59.5 Å². The molecule has 2 aromatic rings. The number of amides is 2. The Hall–Kier alpha value is -2.21. The second kappa shape index (κ2) is 8.43. The molecule has 1 saturated heterocycles. The van der Waals surface area contributed by atoms with Gasteiger partial charge in [-0.2, -0.15) is 0 Å². The van der Waals surface area contributed by atoms with E-state index in [2.05, 4.69) is 0 Å². The molecule has 0 spiro atoms. The molecule has 4 rings (SSSR count). The molecular weight excluding hydrogens is 372 g/mol. The summed E-state index contributed by atoms with van der Waals surface area (Å²) in [6.07, 6.45) is 7.52. The molecule has 2 amide bonds. The topological polar surface area (TPSA) is 53.8 Å². The van der Waals surface area contributed by atoms with E-state index in [9.17, 15) is 9.59 Å². The van der Waals surface area contributed by atoms with Crippen molar-refractivity contribution < 1.29 is 14.0 Å². The number of furan rings is 1. The molecule has 1 aliphatic carbocycles. The number of carbonyl (C=O) groups is 2. The minimum atomic E-state index is -0.0437. The van der Waals surface area contributed by atoms with Crippen LogP contribution in [0.4, 0.5) is 0 Å². The molecule has 1 saturated carbocycles. The summed E-state index contributed by atoms with van der Waals surface area (Å²) in [5, 5.41) is -0.0437. The van der Waals surface area contributed by atoms with E-state index >= 15 is 0 Å². The highest BCUT2D eigenvalue weighted by Crippen LogP contribution is 2.39. The maximum atomic E-state index is 12.8. The SMILES string of the molecule is CN(C(=O)c1ccc([C@@H]2SCC(=O)N2Cc2ccco2)cc1)C1CCCCC1. The summed E-state index contributed by atoms with van der Waals surface area (Å²) in [6.45, 7) is 0.467. The fourth-order valence-electron chi connectivity index (χ4n) is 4.10. The molecule has 1 atom stereocenters. The normalized spacial score (nSPS) is 20.5. The third kappa shape index (κ3) is 3.97. The van der Waals surface area contributed by atoms with Crippen molar-refractivity contribution in [3.8, 4) is 0 Å². The number of hydrogen-bond acceptors (Lipinski definition) is 4. The minimum absolute atomic E-state index is 0.0437. The molecule has 1 aromatic carbocycles. The van der Waals surface area contributed by atoms with Crippen LogP contribution >= 0.6 is 11.8 Å². The number of nitrogens with zero attached hydrogens (tertiary/aromatic N) is 2. The van der Waals surface area contributed by atoms with Gasteiger partial charge in [0.15, 0.2) is 0 Å². The van der Waals surface area contributed by atoms with Crippen LogP contribution in [-0.4, -0.2) is 40.5 Å². The van der Waals surface area contributed by atoms with E-state index in [-0.39, 0.29) is 17.2 Å². The molecule has 5 nitrogen and oxygen atoms in total. The largest absolute Gasteiger partial charge is 0.467 e. The Balaban J connectivity index is 1.46. The van der Waals surface area contributed by atoms with Crippen LogP contribution in [0.2, 0.25) is 0 Å². The van der Waals surface area contributed by atoms with E-state index in [4.69, 9.17) is 4.42 Å². The van der Waals surface area contributed by atoms with E-state index in [1.807, 2.05) is 53.2 Å². The van der Waals surface area contributed by atoms with Gasteiger partial charge in [-0.25, -0.2) is 0 Å². The second-order valence-corrected chi connectivity index (χ2v) is 8.66. The molecule has 2 heterocycles. The Morgan fingerprint density at radius 3 is 2.61 bits per heavy atom. The monoisotopic (exact) mass is 398 g/mol. The van der Waals surface area contributed by atoms with Crippen LogP contribution in [0.5, 0.6) is 0 Å². The van der Waals surface area contributed by atoms with Crippen LogP contribution in [0, 0.1) is 0 Å². The lowest BCUT2D eigenvalue weighted by molar-refractivity contribution is -0.128. The van der Waals surface area contributed by atoms with E-state index in [1.165, 1.54) is 19.3 Å². The third-order valence-corrected chi connectivity index (χ3v) is 7.02. The number of benzene rings is 1. The van der Waals surface area contributed by atoms with Gasteiger partial charge >= 0.3 is 0 Å². The summed E-state index contributed by atoms with van der Waals surface area (Å²) in [5.41, 5.74) is 1.75. The van der Waals surface area contributed by atoms with Crippen molar-refractivity contribution in [1.29, 1.82) is 0 Å². The van der Waals surface area contributed by atoms with Crippen LogP contribution in [-0.2, 0) is 11.3 Å². The van der Waals surface area contributed by atoms with E-state index in [0.717, 1.165) is 24.2 Å². The quantitative estimate of drug-likeness (QED) is 0.746. The Kier molecular flexibility index (Phi) is 5.76. The van der Waals surface area contributed by atoms with E-state index in [0.29, 0.717) is 23.9 Å². The van der Waals surface area contributed by atoms with Gasteiger partial charge in [0.2, 0.25) is 5.91 Å². The lowest BCUT2D eigenvalue weighted by Gasteiger charge is -2.31. The number of hydrogen-bond donors (Lipinski definition) is 0. The Morgan fingerprint density at radius 1 is 1.18 bits per heavy atom. The average molecular weight is 399 g/mol. The molecule has 1 aromatic heterocycles. The number of carbonyl (C=O) groups excluding carboxylic acids is 2. The average Bonchev–Trinajstić information content (AvgIpc) is 3.38. The van der Waals surface area contributed by atoms with Gasteiger partial charge in [0, 0.05) is 18.7 Å². The molecule has 0 unspecified atom stereocenters. The predicted molar refractivity (Wildman–Crippen MR) is 110 cm³/mol. The zero-order valence-corrected chi connectivity index (χ0v) is 17.0. The lowest BCUT2D eigenvalue weighted by Crippen LogP contribution is -2.38. The van der Waals surface area contributed by atoms with Gasteiger partial charge in [-0.3, -0.25) is 9.59 Å². The fourth-order valence-corrected chi connectivity index (χ4v) is 5.29. The molecular formula is C22H26N2O3S.